The Hall–Kier alpha value is -15.6. The molecule has 2 nitrogen and oxygen atoms in total. The van der Waals surface area contributed by atoms with E-state index in [9.17, 15) is 0 Å². The van der Waals surface area contributed by atoms with Crippen molar-refractivity contribution in [2.24, 2.45) is 0 Å². The first-order valence-electron chi connectivity index (χ1n) is 42.4. The molecule has 0 unspecified atom stereocenters. The highest BCUT2D eigenvalue weighted by molar-refractivity contribution is 7.22. The summed E-state index contributed by atoms with van der Waals surface area (Å²) in [4.78, 5) is 10.7. The predicted molar refractivity (Wildman–Crippen MR) is 530 cm³/mol. The van der Waals surface area contributed by atoms with Crippen LogP contribution in [-0.4, -0.2) is 9.97 Å². The molecule has 0 aliphatic carbocycles. The van der Waals surface area contributed by atoms with Crippen molar-refractivity contribution in [3.63, 3.8) is 0 Å². The van der Waals surface area contributed by atoms with Gasteiger partial charge >= 0.3 is 0 Å². The van der Waals surface area contributed by atoms with E-state index in [1.807, 2.05) is 0 Å². The van der Waals surface area contributed by atoms with Crippen LogP contribution in [0.25, 0.3) is 240 Å². The quantitative estimate of drug-likeness (QED) is 0.0901. The van der Waals surface area contributed by atoms with E-state index in [4.69, 9.17) is 9.97 Å². The molecule has 23 rings (SSSR count). The Bertz CT molecular complexity index is 7890. The fourth-order valence-corrected chi connectivity index (χ4v) is 21.3. The van der Waals surface area contributed by atoms with E-state index in [0.717, 1.165) is 137 Å². The second kappa shape index (κ2) is 31.5. The van der Waals surface area contributed by atoms with Gasteiger partial charge in [-0.25, -0.2) is 9.97 Å². The molecule has 0 amide bonds. The van der Waals surface area contributed by atoms with Crippen LogP contribution in [0.1, 0.15) is 0 Å². The summed E-state index contributed by atoms with van der Waals surface area (Å²) in [6.07, 6.45) is 0. The van der Waals surface area contributed by atoms with E-state index in [2.05, 4.69) is 461 Å². The van der Waals surface area contributed by atoms with Gasteiger partial charge in [0.15, 0.2) is 0 Å². The molecular formula is C120H76N2S2. The predicted octanol–water partition coefficient (Wildman–Crippen LogP) is 34.2. The van der Waals surface area contributed by atoms with E-state index < -0.39 is 0 Å². The van der Waals surface area contributed by atoms with Gasteiger partial charge in [-0.15, -0.1) is 22.7 Å². The summed E-state index contributed by atoms with van der Waals surface area (Å²) in [6, 6.07) is 170. The van der Waals surface area contributed by atoms with E-state index in [-0.39, 0.29) is 0 Å². The summed E-state index contributed by atoms with van der Waals surface area (Å²) >= 11 is 3.52. The first-order valence-corrected chi connectivity index (χ1v) is 44.0. The normalized spacial score (nSPS) is 11.5. The molecule has 21 aromatic carbocycles. The zero-order valence-corrected chi connectivity index (χ0v) is 69.2. The van der Waals surface area contributed by atoms with Crippen molar-refractivity contribution in [1.29, 1.82) is 0 Å². The van der Waals surface area contributed by atoms with Crippen molar-refractivity contribution in [1.82, 2.24) is 9.97 Å². The molecule has 0 saturated carbocycles. The van der Waals surface area contributed by atoms with Gasteiger partial charge in [0.2, 0.25) is 0 Å². The maximum Gasteiger partial charge on any atom is 0.125 e. The Morgan fingerprint density at radius 2 is 0.379 bits per heavy atom. The monoisotopic (exact) mass is 1610 g/mol. The topological polar surface area (TPSA) is 25.8 Å². The molecule has 23 aromatic rings. The third kappa shape index (κ3) is 13.1. The Labute approximate surface area is 728 Å². The van der Waals surface area contributed by atoms with Crippen molar-refractivity contribution >= 4 is 86.2 Å². The molecule has 0 aliphatic heterocycles. The average Bonchev–Trinajstić information content (AvgIpc) is 1.04. The third-order valence-corrected chi connectivity index (χ3v) is 26.8. The van der Waals surface area contributed by atoms with E-state index >= 15 is 0 Å². The number of thiazole rings is 2. The Kier molecular flexibility index (Phi) is 18.7. The number of nitrogens with zero attached hydrogens (tertiary/aromatic N) is 2. The molecule has 124 heavy (non-hydrogen) atoms. The Morgan fingerprint density at radius 3 is 0.815 bits per heavy atom. The zero-order chi connectivity index (χ0) is 82.0. The van der Waals surface area contributed by atoms with Crippen molar-refractivity contribution in [3.05, 3.63) is 461 Å². The lowest BCUT2D eigenvalue weighted by Gasteiger charge is -2.25. The SMILES string of the molecule is c1ccc(-c2cc(-c3ccc(-c4c5ccccc5c(-c5nc6ccc(-c7cccc(-c8c(-c9ccccc9)c(-c9ccccc9)cc(-c9cccc(-c%10c%11ccccc%11c(-c%11cccc(-c%12nc%13ccccc%13s%12)c%11)c%11ccccc%10%11)c9)c8-c8ccccc8)c7)cc6s5)c5ccccc45)cc3)c(-c3ccccc3)c(-c3ccccc3)c2-c2ccccc2)cc1. The van der Waals surface area contributed by atoms with E-state index in [0.29, 0.717) is 0 Å². The van der Waals surface area contributed by atoms with Crippen LogP contribution in [0.5, 0.6) is 0 Å². The van der Waals surface area contributed by atoms with Gasteiger partial charge in [0, 0.05) is 11.1 Å². The van der Waals surface area contributed by atoms with Gasteiger partial charge in [-0.3, -0.25) is 0 Å². The van der Waals surface area contributed by atoms with Crippen LogP contribution >= 0.6 is 22.7 Å². The van der Waals surface area contributed by atoms with Gasteiger partial charge in [0.25, 0.3) is 0 Å². The summed E-state index contributed by atoms with van der Waals surface area (Å²) < 4.78 is 2.31. The van der Waals surface area contributed by atoms with Crippen LogP contribution in [0.3, 0.4) is 0 Å². The summed E-state index contributed by atoms with van der Waals surface area (Å²) in [5.74, 6) is 0. The fourth-order valence-electron chi connectivity index (χ4n) is 19.3. The molecule has 0 N–H and O–H groups in total. The summed E-state index contributed by atoms with van der Waals surface area (Å²) in [7, 11) is 0. The molecule has 0 saturated heterocycles. The zero-order valence-electron chi connectivity index (χ0n) is 67.6. The van der Waals surface area contributed by atoms with Crippen LogP contribution in [0, 0.1) is 0 Å². The maximum absolute atomic E-state index is 5.62. The second-order valence-corrected chi connectivity index (χ2v) is 34.0. The van der Waals surface area contributed by atoms with E-state index in [1.165, 1.54) is 104 Å². The fraction of sp³-hybridized carbons (Fsp3) is 0. The van der Waals surface area contributed by atoms with Crippen LogP contribution < -0.4 is 0 Å². The Morgan fingerprint density at radius 1 is 0.129 bits per heavy atom. The maximum atomic E-state index is 5.62. The van der Waals surface area contributed by atoms with E-state index in [1.54, 1.807) is 22.7 Å². The molecule has 0 fully saturated rings. The van der Waals surface area contributed by atoms with Crippen molar-refractivity contribution in [2.45, 2.75) is 0 Å². The molecule has 0 atom stereocenters. The van der Waals surface area contributed by atoms with Gasteiger partial charge in [-0.1, -0.05) is 406 Å². The smallest absolute Gasteiger partial charge is 0.125 e. The average molecular weight is 1610 g/mol. The first-order chi connectivity index (χ1) is 61.5. The lowest BCUT2D eigenvalue weighted by atomic mass is 9.78. The van der Waals surface area contributed by atoms with Crippen molar-refractivity contribution in [2.75, 3.05) is 0 Å². The molecule has 578 valence electrons. The highest BCUT2D eigenvalue weighted by Gasteiger charge is 2.29. The Balaban J connectivity index is 0.653. The second-order valence-electron chi connectivity index (χ2n) is 31.9. The minimum Gasteiger partial charge on any atom is -0.236 e. The van der Waals surface area contributed by atoms with Gasteiger partial charge in [0.05, 0.1) is 20.4 Å². The molecular weight excluding hydrogens is 1530 g/mol. The number of benzene rings is 21. The molecule has 0 aliphatic rings. The van der Waals surface area contributed by atoms with Gasteiger partial charge in [-0.05, 0) is 253 Å². The first kappa shape index (κ1) is 73.6. The molecule has 2 heterocycles. The number of aromatic nitrogens is 2. The number of rotatable bonds is 16. The molecule has 4 heteroatoms. The highest BCUT2D eigenvalue weighted by atomic mass is 32.1. The molecule has 0 radical (unpaired) electrons. The summed E-state index contributed by atoms with van der Waals surface area (Å²) in [6.45, 7) is 0. The van der Waals surface area contributed by atoms with Gasteiger partial charge in [-0.2, -0.15) is 0 Å². The highest BCUT2D eigenvalue weighted by Crippen LogP contribution is 2.56. The lowest BCUT2D eigenvalue weighted by molar-refractivity contribution is 1.48. The lowest BCUT2D eigenvalue weighted by Crippen LogP contribution is -1.98. The minimum absolute atomic E-state index is 0.966. The van der Waals surface area contributed by atoms with Crippen LogP contribution in [-0.2, 0) is 0 Å². The number of hydrogen-bond donors (Lipinski definition) is 0. The minimum atomic E-state index is 0.966. The largest absolute Gasteiger partial charge is 0.236 e. The number of para-hydroxylation sites is 1. The molecule has 0 spiro atoms. The van der Waals surface area contributed by atoms with Gasteiger partial charge in [0.1, 0.15) is 10.0 Å². The number of fused-ring (bicyclic) bond motifs is 6. The summed E-state index contributed by atoms with van der Waals surface area (Å²) in [5.41, 5.74) is 36.8. The van der Waals surface area contributed by atoms with Crippen LogP contribution in [0.4, 0.5) is 0 Å². The third-order valence-electron chi connectivity index (χ3n) is 24.7. The summed E-state index contributed by atoms with van der Waals surface area (Å²) in [5, 5.41) is 11.5. The van der Waals surface area contributed by atoms with Crippen LogP contribution in [0.2, 0.25) is 0 Å². The van der Waals surface area contributed by atoms with Gasteiger partial charge < -0.3 is 0 Å². The van der Waals surface area contributed by atoms with Crippen molar-refractivity contribution < 1.29 is 0 Å². The molecule has 0 bridgehead atoms. The molecule has 2 aromatic heterocycles. The van der Waals surface area contributed by atoms with Crippen LogP contribution in [0.15, 0.2) is 461 Å². The number of hydrogen-bond acceptors (Lipinski definition) is 4. The van der Waals surface area contributed by atoms with Crippen molar-refractivity contribution in [3.8, 4) is 177 Å². The standard InChI is InChI=1S/C120H76N2S2/c1-8-35-77(36-9-1)101-75-103(113(81-41-14-4-15-42-81)116(84-47-20-7-21-48-84)112(101)80-39-12-3-13-40-80)79-65-67-85(68-66-79)109-97-59-26-28-61-99(97)118(100-62-29-27-60-98(100)109)120-122-106-70-69-87(74-108(106)124-120)86-49-32-53-91(71-86)117-114(82-43-16-5-17-44-82)102(78-37-10-2-11-38-78)76-104(115(117)83-45-18-6-19-46-83)88-50-33-51-89(72-88)110-93-55-22-24-57-95(93)111(96-58-25-23-56-94(96)110)90-52-34-54-92(73-90)119-121-105-63-30-31-64-107(105)123-119/h1-76H.